The Bertz CT molecular complexity index is 292. The minimum Gasteiger partial charge on any atom is -0.480 e. The number of ether oxygens (including phenoxy) is 1. The Morgan fingerprint density at radius 3 is 2.41 bits per heavy atom. The van der Waals surface area contributed by atoms with Gasteiger partial charge in [-0.2, -0.15) is 0 Å². The Kier molecular flexibility index (Phi) is 6.69. The predicted molar refractivity (Wildman–Crippen MR) is 59.5 cm³/mol. The van der Waals surface area contributed by atoms with E-state index < -0.39 is 24.0 Å². The number of methoxy groups -OCH3 is 1. The first kappa shape index (κ1) is 15.2. The van der Waals surface area contributed by atoms with Crippen LogP contribution in [0.25, 0.3) is 0 Å². The van der Waals surface area contributed by atoms with Gasteiger partial charge in [0.15, 0.2) is 0 Å². The van der Waals surface area contributed by atoms with Crippen LogP contribution < -0.4 is 5.32 Å². The fourth-order valence-corrected chi connectivity index (χ4v) is 1.23. The van der Waals surface area contributed by atoms with Gasteiger partial charge in [-0.3, -0.25) is 4.79 Å². The molecule has 0 fully saturated rings. The van der Waals surface area contributed by atoms with Crippen LogP contribution in [0.15, 0.2) is 0 Å². The molecule has 2 N–H and O–H groups in total. The van der Waals surface area contributed by atoms with Crippen molar-refractivity contribution >= 4 is 18.0 Å². The standard InChI is InChI=1S/C10H18N2O5/c1-4-5-12(7(2)9(14)15)8(13)6-11-10(16)17-3/h7H,4-6H2,1-3H3,(H,11,16)(H,14,15)/t7-/m1/s1. The van der Waals surface area contributed by atoms with Crippen molar-refractivity contribution in [1.82, 2.24) is 10.2 Å². The largest absolute Gasteiger partial charge is 0.480 e. The van der Waals surface area contributed by atoms with Gasteiger partial charge in [0.1, 0.15) is 12.6 Å². The molecule has 0 heterocycles. The van der Waals surface area contributed by atoms with Gasteiger partial charge < -0.3 is 20.1 Å². The van der Waals surface area contributed by atoms with Crippen LogP contribution in [0.4, 0.5) is 4.79 Å². The number of aliphatic carboxylic acids is 1. The molecule has 0 spiro atoms. The van der Waals surface area contributed by atoms with E-state index in [4.69, 9.17) is 5.11 Å². The number of nitrogens with zero attached hydrogens (tertiary/aromatic N) is 1. The van der Waals surface area contributed by atoms with E-state index in [0.29, 0.717) is 13.0 Å². The third-order valence-electron chi connectivity index (χ3n) is 2.18. The van der Waals surface area contributed by atoms with Gasteiger partial charge in [0.05, 0.1) is 7.11 Å². The molecule has 0 saturated heterocycles. The van der Waals surface area contributed by atoms with Crippen LogP contribution in [0, 0.1) is 0 Å². The van der Waals surface area contributed by atoms with Crippen molar-refractivity contribution in [2.24, 2.45) is 0 Å². The van der Waals surface area contributed by atoms with Gasteiger partial charge in [-0.05, 0) is 13.3 Å². The lowest BCUT2D eigenvalue weighted by Crippen LogP contribution is -2.47. The van der Waals surface area contributed by atoms with Crippen LogP contribution in [0.1, 0.15) is 20.3 Å². The zero-order valence-corrected chi connectivity index (χ0v) is 10.2. The number of rotatable bonds is 6. The highest BCUT2D eigenvalue weighted by molar-refractivity contribution is 5.86. The number of carboxylic acids is 1. The molecule has 98 valence electrons. The summed E-state index contributed by atoms with van der Waals surface area (Å²) in [5.74, 6) is -1.53. The molecule has 2 amide bonds. The minimum atomic E-state index is -1.08. The molecule has 0 rings (SSSR count). The van der Waals surface area contributed by atoms with Crippen molar-refractivity contribution in [2.75, 3.05) is 20.2 Å². The average Bonchev–Trinajstić information content (AvgIpc) is 2.31. The number of carbonyl (C=O) groups is 3. The highest BCUT2D eigenvalue weighted by atomic mass is 16.5. The molecule has 0 aromatic rings. The molecule has 7 heteroatoms. The van der Waals surface area contributed by atoms with Crippen LogP contribution >= 0.6 is 0 Å². The first-order valence-electron chi connectivity index (χ1n) is 5.28. The second-order valence-electron chi connectivity index (χ2n) is 3.45. The van der Waals surface area contributed by atoms with E-state index in [9.17, 15) is 14.4 Å². The molecule has 1 atom stereocenters. The van der Waals surface area contributed by atoms with Crippen LogP contribution in [0.5, 0.6) is 0 Å². The number of hydrogen-bond acceptors (Lipinski definition) is 4. The molecule has 0 radical (unpaired) electrons. The maximum atomic E-state index is 11.7. The van der Waals surface area contributed by atoms with Crippen molar-refractivity contribution < 1.29 is 24.2 Å². The third kappa shape index (κ3) is 5.19. The lowest BCUT2D eigenvalue weighted by molar-refractivity contribution is -0.149. The van der Waals surface area contributed by atoms with Crippen molar-refractivity contribution in [3.05, 3.63) is 0 Å². The second kappa shape index (κ2) is 7.48. The van der Waals surface area contributed by atoms with Crippen molar-refractivity contribution in [2.45, 2.75) is 26.3 Å². The van der Waals surface area contributed by atoms with E-state index in [2.05, 4.69) is 10.1 Å². The Balaban J connectivity index is 4.44. The van der Waals surface area contributed by atoms with Gasteiger partial charge in [-0.1, -0.05) is 6.92 Å². The Morgan fingerprint density at radius 2 is 2.00 bits per heavy atom. The SMILES string of the molecule is CCCN(C(=O)CNC(=O)OC)[C@H](C)C(=O)O. The lowest BCUT2D eigenvalue weighted by atomic mass is 10.2. The molecule has 0 saturated carbocycles. The van der Waals surface area contributed by atoms with E-state index in [1.807, 2.05) is 6.92 Å². The Hall–Kier alpha value is -1.79. The smallest absolute Gasteiger partial charge is 0.407 e. The molecule has 0 aliphatic carbocycles. The zero-order chi connectivity index (χ0) is 13.4. The monoisotopic (exact) mass is 246 g/mol. The molecule has 0 aliphatic rings. The highest BCUT2D eigenvalue weighted by Crippen LogP contribution is 2.01. The predicted octanol–water partition coefficient (Wildman–Crippen LogP) is 0.0541. The number of carboxylic acid groups (broad SMARTS) is 1. The number of alkyl carbamates (subject to hydrolysis) is 1. The maximum absolute atomic E-state index is 11.7. The number of amides is 2. The number of carbonyl (C=O) groups excluding carboxylic acids is 2. The molecule has 0 aliphatic heterocycles. The molecule has 0 unspecified atom stereocenters. The van der Waals surface area contributed by atoms with Crippen LogP contribution in [0.3, 0.4) is 0 Å². The van der Waals surface area contributed by atoms with Crippen LogP contribution in [-0.4, -0.2) is 54.2 Å². The summed E-state index contributed by atoms with van der Waals surface area (Å²) in [5.41, 5.74) is 0. The molecular formula is C10H18N2O5. The highest BCUT2D eigenvalue weighted by Gasteiger charge is 2.24. The van der Waals surface area contributed by atoms with Crippen LogP contribution in [-0.2, 0) is 14.3 Å². The minimum absolute atomic E-state index is 0.274. The van der Waals surface area contributed by atoms with Gasteiger partial charge in [-0.15, -0.1) is 0 Å². The molecule has 17 heavy (non-hydrogen) atoms. The summed E-state index contributed by atoms with van der Waals surface area (Å²) in [6.45, 7) is 3.32. The fraction of sp³-hybridized carbons (Fsp3) is 0.700. The summed E-state index contributed by atoms with van der Waals surface area (Å²) >= 11 is 0. The maximum Gasteiger partial charge on any atom is 0.407 e. The number of nitrogens with one attached hydrogen (secondary N) is 1. The quantitative estimate of drug-likeness (QED) is 0.690. The van der Waals surface area contributed by atoms with E-state index in [0.717, 1.165) is 0 Å². The van der Waals surface area contributed by atoms with Crippen LogP contribution in [0.2, 0.25) is 0 Å². The van der Waals surface area contributed by atoms with Gasteiger partial charge in [-0.25, -0.2) is 9.59 Å². The van der Waals surface area contributed by atoms with E-state index in [-0.39, 0.29) is 6.54 Å². The zero-order valence-electron chi connectivity index (χ0n) is 10.2. The molecule has 0 aromatic carbocycles. The van der Waals surface area contributed by atoms with E-state index in [1.54, 1.807) is 0 Å². The van der Waals surface area contributed by atoms with Gasteiger partial charge in [0.2, 0.25) is 5.91 Å². The summed E-state index contributed by atoms with van der Waals surface area (Å²) < 4.78 is 4.31. The van der Waals surface area contributed by atoms with Crippen molar-refractivity contribution in [1.29, 1.82) is 0 Å². The van der Waals surface area contributed by atoms with E-state index >= 15 is 0 Å². The summed E-state index contributed by atoms with van der Waals surface area (Å²) in [6.07, 6.45) is -0.0838. The van der Waals surface area contributed by atoms with Crippen molar-refractivity contribution in [3.8, 4) is 0 Å². The summed E-state index contributed by atoms with van der Waals surface area (Å²) in [6, 6.07) is -0.915. The first-order chi connectivity index (χ1) is 7.93. The average molecular weight is 246 g/mol. The van der Waals surface area contributed by atoms with Gasteiger partial charge >= 0.3 is 12.1 Å². The normalized spacial score (nSPS) is 11.5. The lowest BCUT2D eigenvalue weighted by Gasteiger charge is -2.26. The Labute approximate surface area is 99.7 Å². The first-order valence-corrected chi connectivity index (χ1v) is 5.28. The summed E-state index contributed by atoms with van der Waals surface area (Å²) in [5, 5.41) is 11.1. The third-order valence-corrected chi connectivity index (χ3v) is 2.18. The molecule has 0 aromatic heterocycles. The van der Waals surface area contributed by atoms with Crippen molar-refractivity contribution in [3.63, 3.8) is 0 Å². The summed E-state index contributed by atoms with van der Waals surface area (Å²) in [7, 11) is 1.18. The fourth-order valence-electron chi connectivity index (χ4n) is 1.23. The summed E-state index contributed by atoms with van der Waals surface area (Å²) in [4.78, 5) is 34.5. The number of hydrogen-bond donors (Lipinski definition) is 2. The molecular weight excluding hydrogens is 228 g/mol. The van der Waals surface area contributed by atoms with Gasteiger partial charge in [0.25, 0.3) is 0 Å². The second-order valence-corrected chi connectivity index (χ2v) is 3.45. The molecule has 0 bridgehead atoms. The van der Waals surface area contributed by atoms with Gasteiger partial charge in [0, 0.05) is 6.54 Å². The Morgan fingerprint density at radius 1 is 1.41 bits per heavy atom. The topological polar surface area (TPSA) is 95.9 Å². The van der Waals surface area contributed by atoms with E-state index in [1.165, 1.54) is 18.9 Å². The molecule has 7 nitrogen and oxygen atoms in total.